The van der Waals surface area contributed by atoms with Crippen LogP contribution in [-0.2, 0) is 15.9 Å². The molecule has 0 amide bonds. The molecule has 1 atom stereocenters. The van der Waals surface area contributed by atoms with Crippen molar-refractivity contribution in [1.29, 1.82) is 5.26 Å². The summed E-state index contributed by atoms with van der Waals surface area (Å²) in [5.74, 6) is -0.477. The molecule has 0 aliphatic rings. The van der Waals surface area contributed by atoms with Gasteiger partial charge in [-0.1, -0.05) is 34.8 Å². The number of rotatable bonds is 5. The Morgan fingerprint density at radius 2 is 1.67 bits per heavy atom. The molecule has 0 saturated carbocycles. The molecule has 6 heteroatoms. The molecule has 0 spiro atoms. The van der Waals surface area contributed by atoms with Crippen LogP contribution < -0.4 is 0 Å². The van der Waals surface area contributed by atoms with E-state index in [0.717, 1.165) is 5.56 Å². The quantitative estimate of drug-likeness (QED) is 0.611. The van der Waals surface area contributed by atoms with E-state index in [4.69, 9.17) is 49.5 Å². The van der Waals surface area contributed by atoms with Crippen LogP contribution in [0.4, 0.5) is 0 Å². The van der Waals surface area contributed by atoms with Gasteiger partial charge in [0.2, 0.25) is 0 Å². The van der Waals surface area contributed by atoms with Crippen LogP contribution in [0, 0.1) is 17.2 Å². The van der Waals surface area contributed by atoms with Crippen molar-refractivity contribution < 1.29 is 9.47 Å². The first kappa shape index (κ1) is 15.6. The minimum absolute atomic E-state index is 0.374. The molecule has 3 nitrogen and oxygen atoms in total. The normalized spacial score (nSPS) is 12.5. The predicted octanol–water partition coefficient (Wildman–Crippen LogP) is 3.95. The minimum Gasteiger partial charge on any atom is -0.354 e. The van der Waals surface area contributed by atoms with Gasteiger partial charge in [-0.2, -0.15) is 5.26 Å². The van der Waals surface area contributed by atoms with Gasteiger partial charge in [0.05, 0.1) is 16.1 Å². The Labute approximate surface area is 121 Å². The van der Waals surface area contributed by atoms with Crippen LogP contribution in [0.2, 0.25) is 15.1 Å². The Kier molecular flexibility index (Phi) is 6.20. The standard InChI is InChI=1S/C12H12Cl3NO2/c1-17-12(18-2)8(6-16)3-7-4-10(14)11(15)5-9(7)13/h4-5,8,12H,3H2,1-2H3. The Balaban J connectivity index is 2.96. The second-order valence-corrected chi connectivity index (χ2v) is 4.86. The van der Waals surface area contributed by atoms with E-state index < -0.39 is 12.2 Å². The van der Waals surface area contributed by atoms with Crippen LogP contribution in [0.1, 0.15) is 5.56 Å². The van der Waals surface area contributed by atoms with Crippen molar-refractivity contribution in [3.8, 4) is 6.07 Å². The number of halogens is 3. The number of hydrogen-bond acceptors (Lipinski definition) is 3. The van der Waals surface area contributed by atoms with E-state index in [1.807, 2.05) is 0 Å². The molecule has 0 radical (unpaired) electrons. The van der Waals surface area contributed by atoms with Crippen LogP contribution in [-0.4, -0.2) is 20.5 Å². The SMILES string of the molecule is COC(OC)C(C#N)Cc1cc(Cl)c(Cl)cc1Cl. The lowest BCUT2D eigenvalue weighted by molar-refractivity contribution is -0.124. The van der Waals surface area contributed by atoms with E-state index in [2.05, 4.69) is 6.07 Å². The van der Waals surface area contributed by atoms with Gasteiger partial charge in [-0.3, -0.25) is 0 Å². The van der Waals surface area contributed by atoms with Crippen LogP contribution in [0.3, 0.4) is 0 Å². The topological polar surface area (TPSA) is 42.2 Å². The van der Waals surface area contributed by atoms with E-state index in [1.165, 1.54) is 14.2 Å². The Bertz CT molecular complexity index is 455. The Morgan fingerprint density at radius 1 is 1.11 bits per heavy atom. The maximum absolute atomic E-state index is 9.12. The van der Waals surface area contributed by atoms with Crippen molar-refractivity contribution in [1.82, 2.24) is 0 Å². The third-order valence-corrected chi connectivity index (χ3v) is 3.56. The number of ether oxygens (including phenoxy) is 2. The number of nitrogens with zero attached hydrogens (tertiary/aromatic N) is 1. The van der Waals surface area contributed by atoms with Gasteiger partial charge in [0.15, 0.2) is 6.29 Å². The van der Waals surface area contributed by atoms with Gasteiger partial charge in [0.25, 0.3) is 0 Å². The van der Waals surface area contributed by atoms with E-state index in [0.29, 0.717) is 21.5 Å². The third-order valence-electron chi connectivity index (χ3n) is 2.49. The summed E-state index contributed by atoms with van der Waals surface area (Å²) in [5, 5.41) is 10.4. The second kappa shape index (κ2) is 7.18. The molecule has 0 saturated heterocycles. The summed E-state index contributed by atoms with van der Waals surface area (Å²) in [5.41, 5.74) is 0.733. The molecule has 1 aromatic carbocycles. The van der Waals surface area contributed by atoms with Crippen molar-refractivity contribution >= 4 is 34.8 Å². The molecule has 1 aromatic rings. The third kappa shape index (κ3) is 3.74. The van der Waals surface area contributed by atoms with Gasteiger partial charge >= 0.3 is 0 Å². The van der Waals surface area contributed by atoms with Crippen LogP contribution in [0.15, 0.2) is 12.1 Å². The van der Waals surface area contributed by atoms with E-state index >= 15 is 0 Å². The van der Waals surface area contributed by atoms with E-state index in [9.17, 15) is 0 Å². The first-order chi connectivity index (χ1) is 8.53. The molecular formula is C12H12Cl3NO2. The smallest absolute Gasteiger partial charge is 0.172 e. The highest BCUT2D eigenvalue weighted by molar-refractivity contribution is 6.43. The molecule has 1 rings (SSSR count). The lowest BCUT2D eigenvalue weighted by Gasteiger charge is -2.19. The summed E-state index contributed by atoms with van der Waals surface area (Å²) in [7, 11) is 2.96. The summed E-state index contributed by atoms with van der Waals surface area (Å²) in [4.78, 5) is 0. The minimum atomic E-state index is -0.611. The number of methoxy groups -OCH3 is 2. The molecule has 0 aliphatic carbocycles. The summed E-state index contributed by atoms with van der Waals surface area (Å²) < 4.78 is 10.1. The van der Waals surface area contributed by atoms with Crippen LogP contribution in [0.25, 0.3) is 0 Å². The fraction of sp³-hybridized carbons (Fsp3) is 0.417. The number of benzene rings is 1. The zero-order valence-corrected chi connectivity index (χ0v) is 12.2. The molecule has 0 fully saturated rings. The summed E-state index contributed by atoms with van der Waals surface area (Å²) in [6.45, 7) is 0. The summed E-state index contributed by atoms with van der Waals surface area (Å²) in [6, 6.07) is 5.34. The Morgan fingerprint density at radius 3 is 2.17 bits per heavy atom. The van der Waals surface area contributed by atoms with Crippen LogP contribution in [0.5, 0.6) is 0 Å². The lowest BCUT2D eigenvalue weighted by atomic mass is 10.00. The molecule has 98 valence electrons. The second-order valence-electron chi connectivity index (χ2n) is 3.64. The molecule has 0 N–H and O–H groups in total. The lowest BCUT2D eigenvalue weighted by Crippen LogP contribution is -2.25. The average molecular weight is 309 g/mol. The van der Waals surface area contributed by atoms with Gasteiger partial charge in [-0.05, 0) is 24.1 Å². The number of hydrogen-bond donors (Lipinski definition) is 0. The monoisotopic (exact) mass is 307 g/mol. The molecular weight excluding hydrogens is 296 g/mol. The van der Waals surface area contributed by atoms with E-state index in [1.54, 1.807) is 12.1 Å². The van der Waals surface area contributed by atoms with Crippen molar-refractivity contribution in [3.05, 3.63) is 32.8 Å². The molecule has 0 heterocycles. The highest BCUT2D eigenvalue weighted by Crippen LogP contribution is 2.30. The first-order valence-electron chi connectivity index (χ1n) is 5.12. The van der Waals surface area contributed by atoms with Crippen molar-refractivity contribution in [2.24, 2.45) is 5.92 Å². The average Bonchev–Trinajstić information content (AvgIpc) is 2.35. The predicted molar refractivity (Wildman–Crippen MR) is 72.1 cm³/mol. The zero-order valence-electron chi connectivity index (χ0n) is 9.91. The fourth-order valence-electron chi connectivity index (χ4n) is 1.58. The highest BCUT2D eigenvalue weighted by atomic mass is 35.5. The summed E-state index contributed by atoms with van der Waals surface area (Å²) in [6.07, 6.45) is -0.237. The fourth-order valence-corrected chi connectivity index (χ4v) is 2.23. The zero-order chi connectivity index (χ0) is 13.7. The molecule has 0 aromatic heterocycles. The van der Waals surface area contributed by atoms with Crippen molar-refractivity contribution in [3.63, 3.8) is 0 Å². The van der Waals surface area contributed by atoms with Gasteiger partial charge in [0, 0.05) is 19.2 Å². The Hall–Kier alpha value is -0.500. The molecule has 0 aliphatic heterocycles. The van der Waals surface area contributed by atoms with Gasteiger partial charge in [-0.25, -0.2) is 0 Å². The molecule has 18 heavy (non-hydrogen) atoms. The maximum atomic E-state index is 9.12. The largest absolute Gasteiger partial charge is 0.354 e. The van der Waals surface area contributed by atoms with Gasteiger partial charge in [-0.15, -0.1) is 0 Å². The van der Waals surface area contributed by atoms with Crippen molar-refractivity contribution in [2.45, 2.75) is 12.7 Å². The van der Waals surface area contributed by atoms with E-state index in [-0.39, 0.29) is 0 Å². The van der Waals surface area contributed by atoms with Gasteiger partial charge in [0.1, 0.15) is 5.92 Å². The molecule has 1 unspecified atom stereocenters. The van der Waals surface area contributed by atoms with Crippen molar-refractivity contribution in [2.75, 3.05) is 14.2 Å². The highest BCUT2D eigenvalue weighted by Gasteiger charge is 2.22. The summed E-state index contributed by atoms with van der Waals surface area (Å²) >= 11 is 17.8. The number of nitriles is 1. The van der Waals surface area contributed by atoms with Crippen LogP contribution >= 0.6 is 34.8 Å². The molecule has 0 bridgehead atoms. The maximum Gasteiger partial charge on any atom is 0.172 e. The first-order valence-corrected chi connectivity index (χ1v) is 6.25. The van der Waals surface area contributed by atoms with Gasteiger partial charge < -0.3 is 9.47 Å².